The van der Waals surface area contributed by atoms with E-state index < -0.39 is 0 Å². The number of rotatable bonds is 5. The SMILES string of the molecule is CC[C@@H](N)C(=O)NC1CCN(Cc2ccccc2)C1. The standard InChI is InChI=1S/C15H23N3O/c1-2-14(16)15(19)17-13-8-9-18(11-13)10-12-6-4-3-5-7-12/h3-7,13-14H,2,8-11,16H2,1H3,(H,17,19)/t13?,14-/m1/s1. The summed E-state index contributed by atoms with van der Waals surface area (Å²) >= 11 is 0. The van der Waals surface area contributed by atoms with Crippen LogP contribution in [0.2, 0.25) is 0 Å². The molecule has 0 aromatic heterocycles. The van der Waals surface area contributed by atoms with Crippen molar-refractivity contribution in [3.63, 3.8) is 0 Å². The van der Waals surface area contributed by atoms with E-state index >= 15 is 0 Å². The molecule has 19 heavy (non-hydrogen) atoms. The van der Waals surface area contributed by atoms with Crippen LogP contribution < -0.4 is 11.1 Å². The van der Waals surface area contributed by atoms with Crippen molar-refractivity contribution in [3.8, 4) is 0 Å². The number of hydrogen-bond donors (Lipinski definition) is 2. The van der Waals surface area contributed by atoms with Crippen molar-refractivity contribution >= 4 is 5.91 Å². The molecule has 1 saturated heterocycles. The van der Waals surface area contributed by atoms with Gasteiger partial charge < -0.3 is 11.1 Å². The van der Waals surface area contributed by atoms with Gasteiger partial charge in [-0.3, -0.25) is 9.69 Å². The highest BCUT2D eigenvalue weighted by molar-refractivity contribution is 5.81. The molecule has 1 amide bonds. The molecule has 0 aliphatic carbocycles. The minimum Gasteiger partial charge on any atom is -0.351 e. The Morgan fingerprint density at radius 1 is 1.47 bits per heavy atom. The first-order chi connectivity index (χ1) is 9.19. The summed E-state index contributed by atoms with van der Waals surface area (Å²) in [5, 5.41) is 3.04. The first kappa shape index (κ1) is 14.0. The molecular weight excluding hydrogens is 238 g/mol. The van der Waals surface area contributed by atoms with Gasteiger partial charge in [-0.05, 0) is 18.4 Å². The Bertz CT molecular complexity index is 407. The largest absolute Gasteiger partial charge is 0.351 e. The van der Waals surface area contributed by atoms with Crippen LogP contribution in [-0.2, 0) is 11.3 Å². The van der Waals surface area contributed by atoms with Crippen LogP contribution in [0.5, 0.6) is 0 Å². The monoisotopic (exact) mass is 261 g/mol. The van der Waals surface area contributed by atoms with Crippen LogP contribution in [0.4, 0.5) is 0 Å². The summed E-state index contributed by atoms with van der Waals surface area (Å²) in [5.74, 6) is -0.0194. The molecule has 1 heterocycles. The number of nitrogens with one attached hydrogen (secondary N) is 1. The number of hydrogen-bond acceptors (Lipinski definition) is 3. The number of likely N-dealkylation sites (tertiary alicyclic amines) is 1. The van der Waals surface area contributed by atoms with Gasteiger partial charge in [-0.15, -0.1) is 0 Å². The van der Waals surface area contributed by atoms with E-state index in [1.165, 1.54) is 5.56 Å². The van der Waals surface area contributed by atoms with E-state index in [-0.39, 0.29) is 18.0 Å². The summed E-state index contributed by atoms with van der Waals surface area (Å²) in [6.45, 7) is 4.83. The number of amides is 1. The van der Waals surface area contributed by atoms with E-state index in [9.17, 15) is 4.79 Å². The van der Waals surface area contributed by atoms with Gasteiger partial charge in [-0.1, -0.05) is 37.3 Å². The first-order valence-electron chi connectivity index (χ1n) is 7.01. The lowest BCUT2D eigenvalue weighted by Gasteiger charge is -2.18. The van der Waals surface area contributed by atoms with Crippen molar-refractivity contribution in [1.82, 2.24) is 10.2 Å². The molecule has 3 N–H and O–H groups in total. The Morgan fingerprint density at radius 2 is 2.21 bits per heavy atom. The first-order valence-corrected chi connectivity index (χ1v) is 7.01. The fraction of sp³-hybridized carbons (Fsp3) is 0.533. The molecule has 1 aromatic rings. The average Bonchev–Trinajstić information content (AvgIpc) is 2.86. The molecule has 1 aliphatic heterocycles. The lowest BCUT2D eigenvalue weighted by Crippen LogP contribution is -2.45. The predicted molar refractivity (Wildman–Crippen MR) is 76.5 cm³/mol. The van der Waals surface area contributed by atoms with E-state index in [1.807, 2.05) is 13.0 Å². The Kier molecular flexibility index (Phi) is 4.93. The van der Waals surface area contributed by atoms with Gasteiger partial charge >= 0.3 is 0 Å². The Balaban J connectivity index is 1.79. The number of nitrogens with zero attached hydrogens (tertiary/aromatic N) is 1. The van der Waals surface area contributed by atoms with E-state index in [4.69, 9.17) is 5.73 Å². The molecule has 1 aliphatic rings. The fourth-order valence-electron chi connectivity index (χ4n) is 2.43. The second-order valence-electron chi connectivity index (χ2n) is 5.23. The third-order valence-electron chi connectivity index (χ3n) is 3.64. The molecule has 0 saturated carbocycles. The summed E-state index contributed by atoms with van der Waals surface area (Å²) < 4.78 is 0. The lowest BCUT2D eigenvalue weighted by atomic mass is 10.2. The number of nitrogens with two attached hydrogens (primary N) is 1. The van der Waals surface area contributed by atoms with Crippen LogP contribution in [-0.4, -0.2) is 36.0 Å². The lowest BCUT2D eigenvalue weighted by molar-refractivity contribution is -0.123. The van der Waals surface area contributed by atoms with Gasteiger partial charge in [0, 0.05) is 25.7 Å². The van der Waals surface area contributed by atoms with Crippen LogP contribution >= 0.6 is 0 Å². The van der Waals surface area contributed by atoms with Crippen molar-refractivity contribution in [2.75, 3.05) is 13.1 Å². The molecule has 1 aromatic carbocycles. The van der Waals surface area contributed by atoms with Crippen molar-refractivity contribution in [3.05, 3.63) is 35.9 Å². The highest BCUT2D eigenvalue weighted by Crippen LogP contribution is 2.13. The highest BCUT2D eigenvalue weighted by Gasteiger charge is 2.25. The van der Waals surface area contributed by atoms with Crippen LogP contribution in [0, 0.1) is 0 Å². The summed E-state index contributed by atoms with van der Waals surface area (Å²) in [6.07, 6.45) is 1.70. The molecule has 104 valence electrons. The molecule has 0 bridgehead atoms. The summed E-state index contributed by atoms with van der Waals surface area (Å²) in [4.78, 5) is 14.1. The van der Waals surface area contributed by atoms with E-state index in [2.05, 4.69) is 34.5 Å². The topological polar surface area (TPSA) is 58.4 Å². The minimum atomic E-state index is -0.372. The Hall–Kier alpha value is -1.39. The molecule has 2 atom stereocenters. The molecule has 1 fully saturated rings. The minimum absolute atomic E-state index is 0.0194. The number of carbonyl (C=O) groups excluding carboxylic acids is 1. The number of benzene rings is 1. The van der Waals surface area contributed by atoms with Gasteiger partial charge in [0.15, 0.2) is 0 Å². The van der Waals surface area contributed by atoms with E-state index in [0.717, 1.165) is 26.1 Å². The third-order valence-corrected chi connectivity index (χ3v) is 3.64. The van der Waals surface area contributed by atoms with Gasteiger partial charge in [0.2, 0.25) is 5.91 Å². The summed E-state index contributed by atoms with van der Waals surface area (Å²) in [6, 6.07) is 10.3. The molecule has 1 unspecified atom stereocenters. The van der Waals surface area contributed by atoms with Crippen molar-refractivity contribution in [2.45, 2.75) is 38.4 Å². The quantitative estimate of drug-likeness (QED) is 0.835. The Morgan fingerprint density at radius 3 is 2.89 bits per heavy atom. The zero-order valence-electron chi connectivity index (χ0n) is 11.5. The van der Waals surface area contributed by atoms with Gasteiger partial charge in [-0.25, -0.2) is 0 Å². The normalized spacial score (nSPS) is 21.3. The summed E-state index contributed by atoms with van der Waals surface area (Å²) in [5.41, 5.74) is 7.05. The zero-order chi connectivity index (χ0) is 13.7. The maximum absolute atomic E-state index is 11.7. The zero-order valence-corrected chi connectivity index (χ0v) is 11.5. The Labute approximate surface area is 115 Å². The molecule has 0 spiro atoms. The fourth-order valence-corrected chi connectivity index (χ4v) is 2.43. The maximum atomic E-state index is 11.7. The smallest absolute Gasteiger partial charge is 0.237 e. The van der Waals surface area contributed by atoms with Crippen molar-refractivity contribution in [1.29, 1.82) is 0 Å². The number of carbonyl (C=O) groups is 1. The van der Waals surface area contributed by atoms with Crippen molar-refractivity contribution in [2.24, 2.45) is 5.73 Å². The molecule has 4 nitrogen and oxygen atoms in total. The van der Waals surface area contributed by atoms with Gasteiger partial charge in [0.25, 0.3) is 0 Å². The highest BCUT2D eigenvalue weighted by atomic mass is 16.2. The summed E-state index contributed by atoms with van der Waals surface area (Å²) in [7, 11) is 0. The molecule has 0 radical (unpaired) electrons. The average molecular weight is 261 g/mol. The molecule has 2 rings (SSSR count). The van der Waals surface area contributed by atoms with Crippen LogP contribution in [0.1, 0.15) is 25.3 Å². The third kappa shape index (κ3) is 4.04. The molecular formula is C15H23N3O. The maximum Gasteiger partial charge on any atom is 0.237 e. The second kappa shape index (κ2) is 6.68. The second-order valence-corrected chi connectivity index (χ2v) is 5.23. The van der Waals surface area contributed by atoms with Gasteiger partial charge in [0.1, 0.15) is 0 Å². The van der Waals surface area contributed by atoms with Crippen LogP contribution in [0.25, 0.3) is 0 Å². The van der Waals surface area contributed by atoms with Crippen LogP contribution in [0.15, 0.2) is 30.3 Å². The van der Waals surface area contributed by atoms with Crippen LogP contribution in [0.3, 0.4) is 0 Å². The van der Waals surface area contributed by atoms with Crippen molar-refractivity contribution < 1.29 is 4.79 Å². The van der Waals surface area contributed by atoms with E-state index in [0.29, 0.717) is 6.42 Å². The van der Waals surface area contributed by atoms with E-state index in [1.54, 1.807) is 0 Å². The van der Waals surface area contributed by atoms with Gasteiger partial charge in [-0.2, -0.15) is 0 Å². The van der Waals surface area contributed by atoms with Gasteiger partial charge in [0.05, 0.1) is 6.04 Å². The predicted octanol–water partition coefficient (Wildman–Crippen LogP) is 1.11. The molecule has 4 heteroatoms.